The number of nitrogens with zero attached hydrogens (tertiary/aromatic N) is 3. The Bertz CT molecular complexity index is 1080. The van der Waals surface area contributed by atoms with Gasteiger partial charge in [0.2, 0.25) is 5.91 Å². The van der Waals surface area contributed by atoms with Crippen molar-refractivity contribution in [3.05, 3.63) is 63.1 Å². The van der Waals surface area contributed by atoms with Gasteiger partial charge in [-0.2, -0.15) is 0 Å². The molecular weight excluding hydrogens is 387 g/mol. The smallest absolute Gasteiger partial charge is 0.257 e. The third-order valence-electron chi connectivity index (χ3n) is 6.30. The van der Waals surface area contributed by atoms with Gasteiger partial charge in [0.1, 0.15) is 11.6 Å². The van der Waals surface area contributed by atoms with Crippen LogP contribution in [0.3, 0.4) is 0 Å². The molecular formula is C22H23FN4O3. The molecule has 2 aliphatic heterocycles. The number of nitrogens with one attached hydrogen (secondary N) is 1. The summed E-state index contributed by atoms with van der Waals surface area (Å²) in [5, 5.41) is 0. The molecule has 1 aromatic carbocycles. The monoisotopic (exact) mass is 410 g/mol. The van der Waals surface area contributed by atoms with Gasteiger partial charge in [0, 0.05) is 37.0 Å². The van der Waals surface area contributed by atoms with Crippen molar-refractivity contribution in [1.82, 2.24) is 19.8 Å². The molecule has 1 saturated carbocycles. The number of halogens is 1. The number of fused-ring (bicyclic) bond motifs is 1. The lowest BCUT2D eigenvalue weighted by Gasteiger charge is -2.28. The lowest BCUT2D eigenvalue weighted by Crippen LogP contribution is -2.40. The van der Waals surface area contributed by atoms with Gasteiger partial charge in [0.05, 0.1) is 17.8 Å². The van der Waals surface area contributed by atoms with Crippen LogP contribution in [0, 0.1) is 11.7 Å². The highest BCUT2D eigenvalue weighted by atomic mass is 19.1. The predicted molar refractivity (Wildman–Crippen MR) is 106 cm³/mol. The fourth-order valence-corrected chi connectivity index (χ4v) is 4.40. The zero-order chi connectivity index (χ0) is 20.8. The first kappa shape index (κ1) is 19.0. The van der Waals surface area contributed by atoms with E-state index in [9.17, 15) is 18.8 Å². The van der Waals surface area contributed by atoms with Gasteiger partial charge in [-0.25, -0.2) is 9.37 Å². The van der Waals surface area contributed by atoms with Crippen LogP contribution >= 0.6 is 0 Å². The molecule has 0 spiro atoms. The van der Waals surface area contributed by atoms with E-state index in [1.807, 2.05) is 4.90 Å². The summed E-state index contributed by atoms with van der Waals surface area (Å²) < 4.78 is 14.0. The van der Waals surface area contributed by atoms with E-state index in [1.54, 1.807) is 12.1 Å². The van der Waals surface area contributed by atoms with E-state index in [0.717, 1.165) is 19.3 Å². The zero-order valence-corrected chi connectivity index (χ0v) is 16.6. The molecule has 2 amide bonds. The molecule has 1 aromatic heterocycles. The fourth-order valence-electron chi connectivity index (χ4n) is 4.40. The second-order valence-electron chi connectivity index (χ2n) is 8.38. The van der Waals surface area contributed by atoms with Crippen molar-refractivity contribution in [2.75, 3.05) is 19.6 Å². The Balaban J connectivity index is 1.36. The molecule has 0 bridgehead atoms. The van der Waals surface area contributed by atoms with E-state index in [-0.39, 0.29) is 35.4 Å². The molecule has 2 fully saturated rings. The van der Waals surface area contributed by atoms with E-state index in [1.165, 1.54) is 17.0 Å². The van der Waals surface area contributed by atoms with Crippen molar-refractivity contribution >= 4 is 11.8 Å². The molecule has 0 radical (unpaired) electrons. The summed E-state index contributed by atoms with van der Waals surface area (Å²) >= 11 is 0. The van der Waals surface area contributed by atoms with Crippen LogP contribution in [0.5, 0.6) is 0 Å². The molecule has 7 nitrogen and oxygen atoms in total. The van der Waals surface area contributed by atoms with E-state index in [0.29, 0.717) is 43.1 Å². The molecule has 1 atom stereocenters. The minimum Gasteiger partial charge on any atom is -0.342 e. The second kappa shape index (κ2) is 7.34. The van der Waals surface area contributed by atoms with E-state index in [4.69, 9.17) is 0 Å². The highest BCUT2D eigenvalue weighted by Gasteiger charge is 2.38. The number of rotatable bonds is 3. The van der Waals surface area contributed by atoms with Crippen molar-refractivity contribution < 1.29 is 14.0 Å². The highest BCUT2D eigenvalue weighted by molar-refractivity contribution is 5.94. The van der Waals surface area contributed by atoms with Gasteiger partial charge in [-0.1, -0.05) is 12.1 Å². The maximum absolute atomic E-state index is 14.0. The highest BCUT2D eigenvalue weighted by Crippen LogP contribution is 2.34. The Morgan fingerprint density at radius 2 is 1.90 bits per heavy atom. The number of hydrogen-bond acceptors (Lipinski definition) is 4. The number of aromatic amines is 1. The molecule has 1 unspecified atom stereocenters. The standard InChI is InChI=1S/C22H23FN4O3/c23-17-4-2-1-3-15(17)22(30)27-10-8-16-18(12-27)24-19(25-20(16)28)14-7-9-26(11-14)21(29)13-5-6-13/h1-4,13-14H,5-12H2,(H,24,25,28). The van der Waals surface area contributed by atoms with Crippen molar-refractivity contribution in [2.24, 2.45) is 5.92 Å². The quantitative estimate of drug-likeness (QED) is 0.837. The summed E-state index contributed by atoms with van der Waals surface area (Å²) in [5.74, 6) is -0.00576. The molecule has 1 aliphatic carbocycles. The molecule has 1 N–H and O–H groups in total. The third kappa shape index (κ3) is 3.40. The van der Waals surface area contributed by atoms with Gasteiger partial charge in [-0.3, -0.25) is 14.4 Å². The Labute approximate surface area is 172 Å². The molecule has 3 heterocycles. The Morgan fingerprint density at radius 3 is 2.67 bits per heavy atom. The molecule has 30 heavy (non-hydrogen) atoms. The first-order valence-electron chi connectivity index (χ1n) is 10.5. The number of aromatic nitrogens is 2. The van der Waals surface area contributed by atoms with Crippen LogP contribution in [0.25, 0.3) is 0 Å². The number of carbonyl (C=O) groups is 2. The Morgan fingerprint density at radius 1 is 1.10 bits per heavy atom. The lowest BCUT2D eigenvalue weighted by atomic mass is 10.0. The first-order valence-corrected chi connectivity index (χ1v) is 10.5. The van der Waals surface area contributed by atoms with Gasteiger partial charge in [0.25, 0.3) is 11.5 Å². The van der Waals surface area contributed by atoms with Crippen LogP contribution in [-0.4, -0.2) is 51.2 Å². The second-order valence-corrected chi connectivity index (χ2v) is 8.38. The molecule has 156 valence electrons. The van der Waals surface area contributed by atoms with Gasteiger partial charge >= 0.3 is 0 Å². The number of benzene rings is 1. The molecule has 1 saturated heterocycles. The maximum atomic E-state index is 14.0. The Kier molecular flexibility index (Phi) is 4.64. The number of likely N-dealkylation sites (tertiary alicyclic amines) is 1. The minimum absolute atomic E-state index is 0.0108. The number of amides is 2. The fraction of sp³-hybridized carbons (Fsp3) is 0.455. The first-order chi connectivity index (χ1) is 14.5. The van der Waals surface area contributed by atoms with Gasteiger partial charge in [0.15, 0.2) is 0 Å². The van der Waals surface area contributed by atoms with Gasteiger partial charge < -0.3 is 14.8 Å². The molecule has 2 aromatic rings. The van der Waals surface area contributed by atoms with Crippen LogP contribution in [-0.2, 0) is 17.8 Å². The number of hydrogen-bond donors (Lipinski definition) is 1. The summed E-state index contributed by atoms with van der Waals surface area (Å²) in [6.45, 7) is 1.77. The Hall–Kier alpha value is -3.03. The average molecular weight is 410 g/mol. The van der Waals surface area contributed by atoms with Crippen LogP contribution in [0.1, 0.15) is 52.6 Å². The summed E-state index contributed by atoms with van der Waals surface area (Å²) in [6.07, 6.45) is 3.09. The summed E-state index contributed by atoms with van der Waals surface area (Å²) in [7, 11) is 0. The van der Waals surface area contributed by atoms with Crippen LogP contribution in [0.2, 0.25) is 0 Å². The van der Waals surface area contributed by atoms with E-state index in [2.05, 4.69) is 9.97 Å². The van der Waals surface area contributed by atoms with Crippen molar-refractivity contribution in [1.29, 1.82) is 0 Å². The molecule has 3 aliphatic rings. The summed E-state index contributed by atoms with van der Waals surface area (Å²) in [5.41, 5.74) is 0.993. The minimum atomic E-state index is -0.556. The SMILES string of the molecule is O=C(c1ccccc1F)N1CCc2c(nc(C3CCN(C(=O)C4CC4)C3)[nH]c2=O)C1. The van der Waals surface area contributed by atoms with E-state index >= 15 is 0 Å². The average Bonchev–Trinajstić information content (AvgIpc) is 3.48. The van der Waals surface area contributed by atoms with Crippen molar-refractivity contribution in [3.63, 3.8) is 0 Å². The van der Waals surface area contributed by atoms with E-state index < -0.39 is 11.7 Å². The molecule has 5 rings (SSSR count). The van der Waals surface area contributed by atoms with Crippen LogP contribution < -0.4 is 5.56 Å². The van der Waals surface area contributed by atoms with Crippen molar-refractivity contribution in [3.8, 4) is 0 Å². The number of H-pyrrole nitrogens is 1. The third-order valence-corrected chi connectivity index (χ3v) is 6.30. The van der Waals surface area contributed by atoms with Gasteiger partial charge in [-0.05, 0) is 37.8 Å². The van der Waals surface area contributed by atoms with Crippen LogP contribution in [0.15, 0.2) is 29.1 Å². The summed E-state index contributed by atoms with van der Waals surface area (Å²) in [4.78, 5) is 48.7. The normalized spacial score (nSPS) is 20.9. The lowest BCUT2D eigenvalue weighted by molar-refractivity contribution is -0.131. The van der Waals surface area contributed by atoms with Crippen LogP contribution in [0.4, 0.5) is 4.39 Å². The summed E-state index contributed by atoms with van der Waals surface area (Å²) in [6, 6.07) is 5.91. The van der Waals surface area contributed by atoms with Gasteiger partial charge in [-0.15, -0.1) is 0 Å². The van der Waals surface area contributed by atoms with Crippen molar-refractivity contribution in [2.45, 2.75) is 38.1 Å². The largest absolute Gasteiger partial charge is 0.342 e. The molecule has 8 heteroatoms. The number of carbonyl (C=O) groups excluding carboxylic acids is 2. The topological polar surface area (TPSA) is 86.4 Å². The maximum Gasteiger partial charge on any atom is 0.257 e. The predicted octanol–water partition coefficient (Wildman–Crippen LogP) is 1.83. The zero-order valence-electron chi connectivity index (χ0n) is 16.6.